The minimum atomic E-state index is -0.344. The molecule has 2 aromatic carbocycles. The number of amides is 2. The molecule has 0 bridgehead atoms. The van der Waals surface area contributed by atoms with E-state index in [0.717, 1.165) is 5.56 Å². The van der Waals surface area contributed by atoms with Gasteiger partial charge in [0, 0.05) is 31.1 Å². The Morgan fingerprint density at radius 2 is 1.89 bits per heavy atom. The summed E-state index contributed by atoms with van der Waals surface area (Å²) in [5.74, 6) is -0.765. The summed E-state index contributed by atoms with van der Waals surface area (Å²) in [5.41, 5.74) is 1.68. The second-order valence-corrected chi connectivity index (χ2v) is 7.19. The van der Waals surface area contributed by atoms with Gasteiger partial charge in [0.2, 0.25) is 11.8 Å². The summed E-state index contributed by atoms with van der Waals surface area (Å²) in [4.78, 5) is 26.1. The standard InChI is InChI=1S/C21H22ClFN2O2/c22-18-7-5-15(6-8-18)9-11-24-21(27)17-13-20(26)25(14-17)12-10-16-3-1-2-4-19(16)23/h1-8,17H,9-14H2,(H,24,27). The van der Waals surface area contributed by atoms with Crippen molar-refractivity contribution < 1.29 is 14.0 Å². The van der Waals surface area contributed by atoms with Gasteiger partial charge in [-0.3, -0.25) is 9.59 Å². The van der Waals surface area contributed by atoms with Crippen LogP contribution in [0, 0.1) is 11.7 Å². The SMILES string of the molecule is O=C(NCCc1ccc(Cl)cc1)C1CC(=O)N(CCc2ccccc2F)C1. The number of nitrogens with one attached hydrogen (secondary N) is 1. The van der Waals surface area contributed by atoms with Gasteiger partial charge in [-0.05, 0) is 42.2 Å². The Morgan fingerprint density at radius 3 is 2.63 bits per heavy atom. The maximum absolute atomic E-state index is 13.7. The van der Waals surface area contributed by atoms with Crippen LogP contribution >= 0.6 is 11.6 Å². The zero-order chi connectivity index (χ0) is 19.2. The van der Waals surface area contributed by atoms with E-state index in [2.05, 4.69) is 5.32 Å². The van der Waals surface area contributed by atoms with Crippen LogP contribution in [-0.2, 0) is 22.4 Å². The van der Waals surface area contributed by atoms with Crippen LogP contribution in [0.15, 0.2) is 48.5 Å². The number of carbonyl (C=O) groups excluding carboxylic acids is 2. The second-order valence-electron chi connectivity index (χ2n) is 6.75. The average molecular weight is 389 g/mol. The summed E-state index contributed by atoms with van der Waals surface area (Å²) < 4.78 is 13.7. The lowest BCUT2D eigenvalue weighted by atomic mass is 10.1. The van der Waals surface area contributed by atoms with Gasteiger partial charge in [0.1, 0.15) is 5.82 Å². The summed E-state index contributed by atoms with van der Waals surface area (Å²) >= 11 is 5.86. The highest BCUT2D eigenvalue weighted by molar-refractivity contribution is 6.30. The van der Waals surface area contributed by atoms with Crippen LogP contribution in [-0.4, -0.2) is 36.3 Å². The van der Waals surface area contributed by atoms with E-state index < -0.39 is 0 Å². The predicted molar refractivity (Wildman–Crippen MR) is 103 cm³/mol. The molecular formula is C21H22ClFN2O2. The Bertz CT molecular complexity index is 810. The monoisotopic (exact) mass is 388 g/mol. The lowest BCUT2D eigenvalue weighted by Gasteiger charge is -2.17. The van der Waals surface area contributed by atoms with Crippen molar-refractivity contribution in [3.8, 4) is 0 Å². The van der Waals surface area contributed by atoms with E-state index in [-0.39, 0.29) is 30.0 Å². The molecule has 3 rings (SSSR count). The fraction of sp³-hybridized carbons (Fsp3) is 0.333. The molecule has 1 heterocycles. The molecule has 0 aromatic heterocycles. The van der Waals surface area contributed by atoms with Gasteiger partial charge in [-0.1, -0.05) is 41.9 Å². The molecule has 2 amide bonds. The maximum Gasteiger partial charge on any atom is 0.225 e. The summed E-state index contributed by atoms with van der Waals surface area (Å²) in [6.45, 7) is 1.33. The zero-order valence-electron chi connectivity index (χ0n) is 15.0. The molecule has 0 aliphatic carbocycles. The minimum Gasteiger partial charge on any atom is -0.355 e. The predicted octanol–water partition coefficient (Wildman–Crippen LogP) is 3.23. The van der Waals surface area contributed by atoms with Gasteiger partial charge < -0.3 is 10.2 Å². The van der Waals surface area contributed by atoms with E-state index in [1.165, 1.54) is 6.07 Å². The third-order valence-electron chi connectivity index (χ3n) is 4.82. The quantitative estimate of drug-likeness (QED) is 0.791. The van der Waals surface area contributed by atoms with E-state index in [1.807, 2.05) is 24.3 Å². The van der Waals surface area contributed by atoms with Gasteiger partial charge in [-0.15, -0.1) is 0 Å². The van der Waals surface area contributed by atoms with Crippen LogP contribution in [0.2, 0.25) is 5.02 Å². The normalized spacial score (nSPS) is 16.6. The van der Waals surface area contributed by atoms with Crippen LogP contribution in [0.25, 0.3) is 0 Å². The highest BCUT2D eigenvalue weighted by atomic mass is 35.5. The summed E-state index contributed by atoms with van der Waals surface area (Å²) in [7, 11) is 0. The molecule has 27 heavy (non-hydrogen) atoms. The molecular weight excluding hydrogens is 367 g/mol. The first kappa shape index (κ1) is 19.4. The summed E-state index contributed by atoms with van der Waals surface area (Å²) in [5, 5.41) is 3.58. The first-order valence-electron chi connectivity index (χ1n) is 9.06. The lowest BCUT2D eigenvalue weighted by Crippen LogP contribution is -2.34. The first-order valence-corrected chi connectivity index (χ1v) is 9.44. The minimum absolute atomic E-state index is 0.0517. The number of hydrogen-bond acceptors (Lipinski definition) is 2. The van der Waals surface area contributed by atoms with Crippen molar-refractivity contribution in [3.63, 3.8) is 0 Å². The number of nitrogens with zero attached hydrogens (tertiary/aromatic N) is 1. The highest BCUT2D eigenvalue weighted by Crippen LogP contribution is 2.19. The second kappa shape index (κ2) is 9.00. The molecule has 1 aliphatic rings. The van der Waals surface area contributed by atoms with E-state index in [0.29, 0.717) is 43.1 Å². The van der Waals surface area contributed by atoms with E-state index in [4.69, 9.17) is 11.6 Å². The highest BCUT2D eigenvalue weighted by Gasteiger charge is 2.33. The van der Waals surface area contributed by atoms with Crippen LogP contribution in [0.3, 0.4) is 0 Å². The molecule has 1 N–H and O–H groups in total. The third-order valence-corrected chi connectivity index (χ3v) is 5.07. The number of likely N-dealkylation sites (tertiary alicyclic amines) is 1. The number of halogens is 2. The molecule has 1 saturated heterocycles. The molecule has 1 fully saturated rings. The van der Waals surface area contributed by atoms with Gasteiger partial charge in [-0.25, -0.2) is 4.39 Å². The average Bonchev–Trinajstić information content (AvgIpc) is 3.03. The molecule has 1 atom stereocenters. The Balaban J connectivity index is 1.44. The number of hydrogen-bond donors (Lipinski definition) is 1. The van der Waals surface area contributed by atoms with Crippen LogP contribution < -0.4 is 5.32 Å². The fourth-order valence-corrected chi connectivity index (χ4v) is 3.37. The van der Waals surface area contributed by atoms with Gasteiger partial charge in [0.15, 0.2) is 0 Å². The topological polar surface area (TPSA) is 49.4 Å². The number of benzene rings is 2. The number of rotatable bonds is 7. The van der Waals surface area contributed by atoms with Gasteiger partial charge >= 0.3 is 0 Å². The van der Waals surface area contributed by atoms with E-state index >= 15 is 0 Å². The molecule has 4 nitrogen and oxygen atoms in total. The fourth-order valence-electron chi connectivity index (χ4n) is 3.25. The Hall–Kier alpha value is -2.40. The Kier molecular flexibility index (Phi) is 6.45. The summed E-state index contributed by atoms with van der Waals surface area (Å²) in [6, 6.07) is 14.1. The molecule has 1 aliphatic heterocycles. The summed E-state index contributed by atoms with van der Waals surface area (Å²) in [6.07, 6.45) is 1.37. The molecule has 0 saturated carbocycles. The zero-order valence-corrected chi connectivity index (χ0v) is 15.7. The van der Waals surface area contributed by atoms with Crippen molar-refractivity contribution in [3.05, 3.63) is 70.5 Å². The number of carbonyl (C=O) groups is 2. The molecule has 2 aromatic rings. The van der Waals surface area contributed by atoms with E-state index in [9.17, 15) is 14.0 Å². The molecule has 0 spiro atoms. The smallest absolute Gasteiger partial charge is 0.225 e. The third kappa shape index (κ3) is 5.30. The Morgan fingerprint density at radius 1 is 1.15 bits per heavy atom. The van der Waals surface area contributed by atoms with E-state index in [1.54, 1.807) is 23.1 Å². The molecule has 6 heteroatoms. The van der Waals surface area contributed by atoms with Crippen LogP contribution in [0.4, 0.5) is 4.39 Å². The molecule has 142 valence electrons. The molecule has 0 radical (unpaired) electrons. The van der Waals surface area contributed by atoms with Gasteiger partial charge in [0.25, 0.3) is 0 Å². The maximum atomic E-state index is 13.7. The van der Waals surface area contributed by atoms with Gasteiger partial charge in [0.05, 0.1) is 5.92 Å². The van der Waals surface area contributed by atoms with Crippen molar-refractivity contribution in [2.45, 2.75) is 19.3 Å². The molecule has 1 unspecified atom stereocenters. The van der Waals surface area contributed by atoms with Crippen LogP contribution in [0.1, 0.15) is 17.5 Å². The van der Waals surface area contributed by atoms with Crippen molar-refractivity contribution in [2.75, 3.05) is 19.6 Å². The van der Waals surface area contributed by atoms with Crippen molar-refractivity contribution in [2.24, 2.45) is 5.92 Å². The largest absolute Gasteiger partial charge is 0.355 e. The lowest BCUT2D eigenvalue weighted by molar-refractivity contribution is -0.129. The van der Waals surface area contributed by atoms with Crippen LogP contribution in [0.5, 0.6) is 0 Å². The Labute approximate surface area is 163 Å². The first-order chi connectivity index (χ1) is 13.0. The van der Waals surface area contributed by atoms with Gasteiger partial charge in [-0.2, -0.15) is 0 Å². The van der Waals surface area contributed by atoms with Crippen molar-refractivity contribution in [1.82, 2.24) is 10.2 Å². The van der Waals surface area contributed by atoms with Crippen molar-refractivity contribution in [1.29, 1.82) is 0 Å². The van der Waals surface area contributed by atoms with Crippen molar-refractivity contribution >= 4 is 23.4 Å².